The van der Waals surface area contributed by atoms with Gasteiger partial charge in [0.1, 0.15) is 6.10 Å². The zero-order chi connectivity index (χ0) is 14.5. The van der Waals surface area contributed by atoms with Crippen molar-refractivity contribution in [2.75, 3.05) is 13.2 Å². The Morgan fingerprint density at radius 2 is 1.70 bits per heavy atom. The van der Waals surface area contributed by atoms with Gasteiger partial charge in [-0.3, -0.25) is 4.79 Å². The van der Waals surface area contributed by atoms with Crippen molar-refractivity contribution < 1.29 is 19.1 Å². The van der Waals surface area contributed by atoms with Crippen molar-refractivity contribution in [2.45, 2.75) is 32.8 Å². The Balaban J connectivity index is 1.95. The van der Waals surface area contributed by atoms with Crippen molar-refractivity contribution in [3.63, 3.8) is 0 Å². The lowest BCUT2D eigenvalue weighted by Gasteiger charge is -2.27. The van der Waals surface area contributed by atoms with Gasteiger partial charge in [0.15, 0.2) is 5.78 Å². The molecule has 4 nitrogen and oxygen atoms in total. The van der Waals surface area contributed by atoms with E-state index in [9.17, 15) is 9.59 Å². The smallest absolute Gasteiger partial charge is 0.338 e. The summed E-state index contributed by atoms with van der Waals surface area (Å²) in [5.41, 5.74) is 1.08. The lowest BCUT2D eigenvalue weighted by molar-refractivity contribution is -0.0118. The molecule has 4 heteroatoms. The van der Waals surface area contributed by atoms with E-state index in [0.717, 1.165) is 26.1 Å². The van der Waals surface area contributed by atoms with Crippen LogP contribution in [0.15, 0.2) is 24.3 Å². The Kier molecular flexibility index (Phi) is 4.90. The van der Waals surface area contributed by atoms with Gasteiger partial charge < -0.3 is 9.47 Å². The molecule has 1 aromatic rings. The number of ether oxygens (including phenoxy) is 2. The standard InChI is InChI=1S/C16H20O4/c1-11(17)13-3-5-15(6-4-13)16(18)20-12(2)14-7-9-19-10-8-14/h3-6,12,14H,7-10H2,1-2H3. The van der Waals surface area contributed by atoms with Gasteiger partial charge in [0, 0.05) is 24.7 Å². The molecule has 0 aromatic heterocycles. The van der Waals surface area contributed by atoms with Gasteiger partial charge in [0.25, 0.3) is 0 Å². The summed E-state index contributed by atoms with van der Waals surface area (Å²) in [4.78, 5) is 23.2. The van der Waals surface area contributed by atoms with E-state index in [0.29, 0.717) is 17.0 Å². The number of rotatable bonds is 4. The number of ketones is 1. The molecular weight excluding hydrogens is 256 g/mol. The number of hydrogen-bond acceptors (Lipinski definition) is 4. The van der Waals surface area contributed by atoms with Crippen LogP contribution in [-0.4, -0.2) is 31.1 Å². The minimum atomic E-state index is -0.334. The maximum Gasteiger partial charge on any atom is 0.338 e. The molecule has 1 aliphatic rings. The number of hydrogen-bond donors (Lipinski definition) is 0. The van der Waals surface area contributed by atoms with Crippen LogP contribution in [0.1, 0.15) is 47.4 Å². The SMILES string of the molecule is CC(=O)c1ccc(C(=O)OC(C)C2CCOCC2)cc1. The normalized spacial score (nSPS) is 17.5. The van der Waals surface area contributed by atoms with Gasteiger partial charge in [0.2, 0.25) is 0 Å². The minimum Gasteiger partial charge on any atom is -0.459 e. The molecule has 1 aliphatic heterocycles. The maximum absolute atomic E-state index is 12.0. The van der Waals surface area contributed by atoms with E-state index in [2.05, 4.69) is 0 Å². The number of carbonyl (C=O) groups excluding carboxylic acids is 2. The molecule has 1 aromatic carbocycles. The first-order valence-corrected chi connectivity index (χ1v) is 6.97. The van der Waals surface area contributed by atoms with Crippen molar-refractivity contribution >= 4 is 11.8 Å². The Labute approximate surface area is 119 Å². The second kappa shape index (κ2) is 6.66. The summed E-state index contributed by atoms with van der Waals surface area (Å²) in [6.07, 6.45) is 1.74. The van der Waals surface area contributed by atoms with Gasteiger partial charge in [-0.2, -0.15) is 0 Å². The molecule has 1 heterocycles. The first-order chi connectivity index (χ1) is 9.58. The molecule has 0 radical (unpaired) electrons. The largest absolute Gasteiger partial charge is 0.459 e. The van der Waals surface area contributed by atoms with E-state index in [4.69, 9.17) is 9.47 Å². The van der Waals surface area contributed by atoms with Crippen LogP contribution in [-0.2, 0) is 9.47 Å². The van der Waals surface area contributed by atoms with E-state index < -0.39 is 0 Å². The summed E-state index contributed by atoms with van der Waals surface area (Å²) in [6.45, 7) is 4.90. The highest BCUT2D eigenvalue weighted by Gasteiger charge is 2.24. The van der Waals surface area contributed by atoms with Crippen LogP contribution < -0.4 is 0 Å². The van der Waals surface area contributed by atoms with Crippen molar-refractivity contribution in [3.05, 3.63) is 35.4 Å². The van der Waals surface area contributed by atoms with Crippen molar-refractivity contribution in [3.8, 4) is 0 Å². The highest BCUT2D eigenvalue weighted by molar-refractivity contribution is 5.96. The fraction of sp³-hybridized carbons (Fsp3) is 0.500. The zero-order valence-electron chi connectivity index (χ0n) is 11.9. The summed E-state index contributed by atoms with van der Waals surface area (Å²) in [7, 11) is 0. The third-order valence-electron chi connectivity index (χ3n) is 3.75. The third kappa shape index (κ3) is 3.67. The molecule has 0 bridgehead atoms. The second-order valence-corrected chi connectivity index (χ2v) is 5.19. The van der Waals surface area contributed by atoms with Crippen LogP contribution in [0.4, 0.5) is 0 Å². The summed E-state index contributed by atoms with van der Waals surface area (Å²) >= 11 is 0. The number of carbonyl (C=O) groups is 2. The van der Waals surface area contributed by atoms with Crippen LogP contribution in [0.2, 0.25) is 0 Å². The molecular formula is C16H20O4. The number of esters is 1. The fourth-order valence-corrected chi connectivity index (χ4v) is 2.36. The van der Waals surface area contributed by atoms with Gasteiger partial charge >= 0.3 is 5.97 Å². The molecule has 20 heavy (non-hydrogen) atoms. The van der Waals surface area contributed by atoms with E-state index in [1.54, 1.807) is 24.3 Å². The molecule has 108 valence electrons. The predicted molar refractivity (Wildman–Crippen MR) is 74.9 cm³/mol. The predicted octanol–water partition coefficient (Wildman–Crippen LogP) is 2.86. The maximum atomic E-state index is 12.0. The van der Waals surface area contributed by atoms with Crippen molar-refractivity contribution in [1.29, 1.82) is 0 Å². The molecule has 0 saturated carbocycles. The summed E-state index contributed by atoms with van der Waals surface area (Å²) in [6, 6.07) is 6.57. The average molecular weight is 276 g/mol. The summed E-state index contributed by atoms with van der Waals surface area (Å²) in [5, 5.41) is 0. The van der Waals surface area contributed by atoms with Crippen LogP contribution >= 0.6 is 0 Å². The number of benzene rings is 1. The molecule has 1 saturated heterocycles. The van der Waals surface area contributed by atoms with Gasteiger partial charge in [-0.15, -0.1) is 0 Å². The van der Waals surface area contributed by atoms with Crippen LogP contribution in [0, 0.1) is 5.92 Å². The lowest BCUT2D eigenvalue weighted by atomic mass is 9.95. The Morgan fingerprint density at radius 1 is 1.15 bits per heavy atom. The zero-order valence-corrected chi connectivity index (χ0v) is 11.9. The highest BCUT2D eigenvalue weighted by Crippen LogP contribution is 2.21. The van der Waals surface area contributed by atoms with Crippen LogP contribution in [0.25, 0.3) is 0 Å². The Hall–Kier alpha value is -1.68. The van der Waals surface area contributed by atoms with E-state index in [1.165, 1.54) is 6.92 Å². The summed E-state index contributed by atoms with van der Waals surface area (Å²) in [5.74, 6) is 0.0174. The molecule has 1 unspecified atom stereocenters. The molecule has 2 rings (SSSR count). The highest BCUT2D eigenvalue weighted by atomic mass is 16.5. The molecule has 0 aliphatic carbocycles. The third-order valence-corrected chi connectivity index (χ3v) is 3.75. The number of Topliss-reactive ketones (excluding diaryl/α,β-unsaturated/α-hetero) is 1. The van der Waals surface area contributed by atoms with Crippen LogP contribution in [0.5, 0.6) is 0 Å². The molecule has 1 fully saturated rings. The monoisotopic (exact) mass is 276 g/mol. The second-order valence-electron chi connectivity index (χ2n) is 5.19. The Bertz CT molecular complexity index is 472. The average Bonchev–Trinajstić information content (AvgIpc) is 2.48. The fourth-order valence-electron chi connectivity index (χ4n) is 2.36. The Morgan fingerprint density at radius 3 is 2.25 bits per heavy atom. The van der Waals surface area contributed by atoms with Gasteiger partial charge in [0.05, 0.1) is 5.56 Å². The van der Waals surface area contributed by atoms with E-state index >= 15 is 0 Å². The first-order valence-electron chi connectivity index (χ1n) is 6.97. The van der Waals surface area contributed by atoms with E-state index in [-0.39, 0.29) is 17.9 Å². The lowest BCUT2D eigenvalue weighted by Crippen LogP contribution is -2.29. The topological polar surface area (TPSA) is 52.6 Å². The molecule has 0 amide bonds. The van der Waals surface area contributed by atoms with Gasteiger partial charge in [-0.1, -0.05) is 12.1 Å². The molecule has 0 N–H and O–H groups in total. The first kappa shape index (κ1) is 14.7. The summed E-state index contributed by atoms with van der Waals surface area (Å²) < 4.78 is 10.8. The van der Waals surface area contributed by atoms with Crippen molar-refractivity contribution in [1.82, 2.24) is 0 Å². The van der Waals surface area contributed by atoms with Gasteiger partial charge in [-0.25, -0.2) is 4.79 Å². The molecule has 0 spiro atoms. The quantitative estimate of drug-likeness (QED) is 0.627. The van der Waals surface area contributed by atoms with Gasteiger partial charge in [-0.05, 0) is 38.8 Å². The van der Waals surface area contributed by atoms with Crippen LogP contribution in [0.3, 0.4) is 0 Å². The minimum absolute atomic E-state index is 0.0134. The molecule has 1 atom stereocenters. The van der Waals surface area contributed by atoms with E-state index in [1.807, 2.05) is 6.92 Å². The van der Waals surface area contributed by atoms with Crippen molar-refractivity contribution in [2.24, 2.45) is 5.92 Å².